The topological polar surface area (TPSA) is 37.0 Å². The average Bonchev–Trinajstić information content (AvgIpc) is 2.19. The van der Waals surface area contributed by atoms with Crippen molar-refractivity contribution in [2.45, 2.75) is 6.04 Å². The quantitative estimate of drug-likeness (QED) is 0.765. The van der Waals surface area contributed by atoms with Crippen molar-refractivity contribution < 1.29 is 0 Å². The lowest BCUT2D eigenvalue weighted by molar-refractivity contribution is 0.423. The Morgan fingerprint density at radius 2 is 2.21 bits per heavy atom. The highest BCUT2D eigenvalue weighted by Gasteiger charge is 2.14. The SMILES string of the molecule is Brc1cccc([C@@H]2CNCCN2)n1.Cl. The summed E-state index contributed by atoms with van der Waals surface area (Å²) in [6.07, 6.45) is 0. The molecule has 1 aromatic rings. The van der Waals surface area contributed by atoms with Crippen molar-refractivity contribution in [2.75, 3.05) is 19.6 Å². The predicted octanol–water partition coefficient (Wildman–Crippen LogP) is 1.50. The molecule has 2 heterocycles. The van der Waals surface area contributed by atoms with Crippen molar-refractivity contribution in [2.24, 2.45) is 0 Å². The van der Waals surface area contributed by atoms with Crippen molar-refractivity contribution in [1.29, 1.82) is 0 Å². The fourth-order valence-electron chi connectivity index (χ4n) is 1.48. The summed E-state index contributed by atoms with van der Waals surface area (Å²) >= 11 is 3.37. The standard InChI is InChI=1S/C9H12BrN3.ClH/c10-9-3-1-2-7(13-9)8-6-11-4-5-12-8;/h1-3,8,11-12H,4-6H2;1H/t8-;/m0./s1. The van der Waals surface area contributed by atoms with Gasteiger partial charge in [-0.15, -0.1) is 12.4 Å². The van der Waals surface area contributed by atoms with E-state index in [4.69, 9.17) is 0 Å². The molecule has 2 N–H and O–H groups in total. The molecule has 1 fully saturated rings. The van der Waals surface area contributed by atoms with Gasteiger partial charge in [-0.3, -0.25) is 0 Å². The van der Waals surface area contributed by atoms with Crippen LogP contribution in [0.5, 0.6) is 0 Å². The molecule has 1 aliphatic rings. The Labute approximate surface area is 98.2 Å². The molecule has 0 bridgehead atoms. The Hall–Kier alpha value is -0.160. The monoisotopic (exact) mass is 277 g/mol. The third-order valence-corrected chi connectivity index (χ3v) is 2.58. The van der Waals surface area contributed by atoms with Crippen LogP contribution in [0.25, 0.3) is 0 Å². The van der Waals surface area contributed by atoms with Crippen LogP contribution in [0.1, 0.15) is 11.7 Å². The second-order valence-electron chi connectivity index (χ2n) is 3.10. The highest BCUT2D eigenvalue weighted by molar-refractivity contribution is 9.10. The summed E-state index contributed by atoms with van der Waals surface area (Å²) in [6, 6.07) is 6.36. The second-order valence-corrected chi connectivity index (χ2v) is 3.91. The van der Waals surface area contributed by atoms with Gasteiger partial charge in [0.1, 0.15) is 4.60 Å². The van der Waals surface area contributed by atoms with E-state index in [9.17, 15) is 0 Å². The molecule has 78 valence electrons. The van der Waals surface area contributed by atoms with Gasteiger partial charge in [0, 0.05) is 19.6 Å². The minimum absolute atomic E-state index is 0. The maximum atomic E-state index is 4.41. The van der Waals surface area contributed by atoms with E-state index >= 15 is 0 Å². The van der Waals surface area contributed by atoms with Crippen molar-refractivity contribution in [3.05, 3.63) is 28.5 Å². The third-order valence-electron chi connectivity index (χ3n) is 2.13. The van der Waals surface area contributed by atoms with Gasteiger partial charge in [0.2, 0.25) is 0 Å². The fourth-order valence-corrected chi connectivity index (χ4v) is 1.84. The zero-order valence-corrected chi connectivity index (χ0v) is 10.1. The normalized spacial score (nSPS) is 21.4. The summed E-state index contributed by atoms with van der Waals surface area (Å²) in [5, 5.41) is 6.75. The van der Waals surface area contributed by atoms with Gasteiger partial charge in [-0.1, -0.05) is 6.07 Å². The molecule has 0 unspecified atom stereocenters. The molecule has 1 saturated heterocycles. The van der Waals surface area contributed by atoms with Crippen LogP contribution in [0.4, 0.5) is 0 Å². The molecule has 0 spiro atoms. The van der Waals surface area contributed by atoms with Gasteiger partial charge < -0.3 is 10.6 Å². The highest BCUT2D eigenvalue weighted by atomic mass is 79.9. The van der Waals surface area contributed by atoms with E-state index in [0.29, 0.717) is 6.04 Å². The summed E-state index contributed by atoms with van der Waals surface area (Å²) in [5.74, 6) is 0. The Balaban J connectivity index is 0.000000980. The Bertz CT molecular complexity index is 289. The number of pyridine rings is 1. The highest BCUT2D eigenvalue weighted by Crippen LogP contribution is 2.14. The number of nitrogens with zero attached hydrogens (tertiary/aromatic N) is 1. The van der Waals surface area contributed by atoms with E-state index in [1.807, 2.05) is 12.1 Å². The summed E-state index contributed by atoms with van der Waals surface area (Å²) < 4.78 is 0.900. The van der Waals surface area contributed by atoms with Crippen molar-refractivity contribution in [1.82, 2.24) is 15.6 Å². The molecular weight excluding hydrogens is 265 g/mol. The number of hydrogen-bond donors (Lipinski definition) is 2. The minimum Gasteiger partial charge on any atom is -0.314 e. The van der Waals surface area contributed by atoms with Gasteiger partial charge in [-0.05, 0) is 28.1 Å². The molecule has 0 aromatic carbocycles. The molecule has 1 atom stereocenters. The van der Waals surface area contributed by atoms with Crippen molar-refractivity contribution in [3.63, 3.8) is 0 Å². The largest absolute Gasteiger partial charge is 0.314 e. The van der Waals surface area contributed by atoms with Crippen molar-refractivity contribution >= 4 is 28.3 Å². The third kappa shape index (κ3) is 2.92. The van der Waals surface area contributed by atoms with E-state index in [0.717, 1.165) is 29.9 Å². The molecule has 2 rings (SSSR count). The summed E-state index contributed by atoms with van der Waals surface area (Å²) in [7, 11) is 0. The summed E-state index contributed by atoms with van der Waals surface area (Å²) in [5.41, 5.74) is 1.10. The second kappa shape index (κ2) is 5.66. The maximum absolute atomic E-state index is 4.41. The van der Waals surface area contributed by atoms with Gasteiger partial charge in [-0.2, -0.15) is 0 Å². The van der Waals surface area contributed by atoms with Gasteiger partial charge >= 0.3 is 0 Å². The zero-order valence-electron chi connectivity index (χ0n) is 7.66. The lowest BCUT2D eigenvalue weighted by Crippen LogP contribution is -2.42. The first-order valence-corrected chi connectivity index (χ1v) is 5.22. The molecule has 0 saturated carbocycles. The van der Waals surface area contributed by atoms with Gasteiger partial charge in [0.15, 0.2) is 0 Å². The first-order valence-electron chi connectivity index (χ1n) is 4.43. The number of hydrogen-bond acceptors (Lipinski definition) is 3. The van der Waals surface area contributed by atoms with Gasteiger partial charge in [0.05, 0.1) is 11.7 Å². The predicted molar refractivity (Wildman–Crippen MR) is 62.8 cm³/mol. The van der Waals surface area contributed by atoms with Crippen LogP contribution in [0.3, 0.4) is 0 Å². The number of nitrogens with one attached hydrogen (secondary N) is 2. The number of rotatable bonds is 1. The van der Waals surface area contributed by atoms with E-state index in [1.54, 1.807) is 0 Å². The van der Waals surface area contributed by atoms with E-state index in [2.05, 4.69) is 37.6 Å². The summed E-state index contributed by atoms with van der Waals surface area (Å²) in [6.45, 7) is 3.02. The van der Waals surface area contributed by atoms with E-state index < -0.39 is 0 Å². The Morgan fingerprint density at radius 3 is 2.86 bits per heavy atom. The molecule has 5 heteroatoms. The lowest BCUT2D eigenvalue weighted by Gasteiger charge is -2.23. The molecule has 1 aliphatic heterocycles. The van der Waals surface area contributed by atoms with Crippen LogP contribution in [0.2, 0.25) is 0 Å². The molecular formula is C9H13BrClN3. The Kier molecular flexibility index (Phi) is 4.81. The Morgan fingerprint density at radius 1 is 1.36 bits per heavy atom. The van der Waals surface area contributed by atoms with Crippen LogP contribution >= 0.6 is 28.3 Å². The first-order chi connectivity index (χ1) is 6.36. The molecule has 3 nitrogen and oxygen atoms in total. The molecule has 0 amide bonds. The van der Waals surface area contributed by atoms with Crippen LogP contribution in [-0.2, 0) is 0 Å². The first kappa shape index (κ1) is 11.9. The van der Waals surface area contributed by atoms with Gasteiger partial charge in [-0.25, -0.2) is 4.98 Å². The van der Waals surface area contributed by atoms with Crippen molar-refractivity contribution in [3.8, 4) is 0 Å². The van der Waals surface area contributed by atoms with Gasteiger partial charge in [0.25, 0.3) is 0 Å². The number of aromatic nitrogens is 1. The molecule has 0 aliphatic carbocycles. The lowest BCUT2D eigenvalue weighted by atomic mass is 10.1. The fraction of sp³-hybridized carbons (Fsp3) is 0.444. The average molecular weight is 279 g/mol. The maximum Gasteiger partial charge on any atom is 0.106 e. The zero-order chi connectivity index (χ0) is 9.10. The smallest absolute Gasteiger partial charge is 0.106 e. The molecule has 14 heavy (non-hydrogen) atoms. The van der Waals surface area contributed by atoms with Crippen LogP contribution in [0.15, 0.2) is 22.8 Å². The van der Waals surface area contributed by atoms with Crippen LogP contribution in [-0.4, -0.2) is 24.6 Å². The summed E-state index contributed by atoms with van der Waals surface area (Å²) in [4.78, 5) is 4.41. The minimum atomic E-state index is 0. The molecule has 1 aromatic heterocycles. The van der Waals surface area contributed by atoms with E-state index in [-0.39, 0.29) is 12.4 Å². The number of halogens is 2. The van der Waals surface area contributed by atoms with E-state index in [1.165, 1.54) is 0 Å². The van der Waals surface area contributed by atoms with Crippen LogP contribution in [0, 0.1) is 0 Å². The number of piperazine rings is 1. The van der Waals surface area contributed by atoms with Crippen LogP contribution < -0.4 is 10.6 Å². The molecule has 0 radical (unpaired) electrons.